The molecule has 17 heavy (non-hydrogen) atoms. The number of nitrogens with one attached hydrogen (secondary N) is 1. The summed E-state index contributed by atoms with van der Waals surface area (Å²) in [4.78, 5) is 0. The fourth-order valence-electron chi connectivity index (χ4n) is 2.33. The van der Waals surface area contributed by atoms with Crippen LogP contribution >= 0.6 is 15.9 Å². The number of benzene rings is 1. The van der Waals surface area contributed by atoms with Crippen LogP contribution in [0.1, 0.15) is 44.6 Å². The van der Waals surface area contributed by atoms with Gasteiger partial charge >= 0.3 is 0 Å². The summed E-state index contributed by atoms with van der Waals surface area (Å²) >= 11 is 3.54. The van der Waals surface area contributed by atoms with Crippen molar-refractivity contribution in [1.29, 1.82) is 0 Å². The highest BCUT2D eigenvalue weighted by Gasteiger charge is 2.29. The van der Waals surface area contributed by atoms with Crippen LogP contribution in [0.15, 0.2) is 28.7 Å². The second-order valence-corrected chi connectivity index (χ2v) is 6.26. The minimum absolute atomic E-state index is 0.744. The molecule has 1 aliphatic carbocycles. The molecule has 2 rings (SSSR count). The third kappa shape index (κ3) is 3.56. The van der Waals surface area contributed by atoms with E-state index in [2.05, 4.69) is 59.4 Å². The Morgan fingerprint density at radius 3 is 2.82 bits per heavy atom. The molecule has 1 fully saturated rings. The molecule has 1 aromatic rings. The van der Waals surface area contributed by atoms with Gasteiger partial charge in [0.25, 0.3) is 0 Å². The normalized spacial score (nSPS) is 25.4. The Bertz CT molecular complexity index is 358. The van der Waals surface area contributed by atoms with Crippen LogP contribution in [-0.4, -0.2) is 12.6 Å². The topological polar surface area (TPSA) is 12.0 Å². The number of hydrogen-bond acceptors (Lipinski definition) is 1. The number of hydrogen-bond donors (Lipinski definition) is 1. The van der Waals surface area contributed by atoms with Crippen molar-refractivity contribution >= 4 is 15.9 Å². The second-order valence-electron chi connectivity index (χ2n) is 5.34. The molecule has 2 heteroatoms. The summed E-state index contributed by atoms with van der Waals surface area (Å²) in [6.07, 6.45) is 3.87. The van der Waals surface area contributed by atoms with Crippen LogP contribution in [0.4, 0.5) is 0 Å². The van der Waals surface area contributed by atoms with Crippen molar-refractivity contribution in [3.05, 3.63) is 34.3 Å². The first-order valence-electron chi connectivity index (χ1n) is 6.68. The molecule has 0 aliphatic heterocycles. The van der Waals surface area contributed by atoms with Crippen LogP contribution in [-0.2, 0) is 0 Å². The molecule has 1 nitrogen and oxygen atoms in total. The van der Waals surface area contributed by atoms with Gasteiger partial charge in [-0.05, 0) is 48.9 Å². The molecule has 0 bridgehead atoms. The highest BCUT2D eigenvalue weighted by molar-refractivity contribution is 9.10. The monoisotopic (exact) mass is 295 g/mol. The first kappa shape index (κ1) is 13.1. The lowest BCUT2D eigenvalue weighted by atomic mass is 9.76. The van der Waals surface area contributed by atoms with Gasteiger partial charge < -0.3 is 5.32 Å². The van der Waals surface area contributed by atoms with Crippen LogP contribution in [0.5, 0.6) is 0 Å². The highest BCUT2D eigenvalue weighted by Crippen LogP contribution is 2.37. The van der Waals surface area contributed by atoms with Crippen LogP contribution < -0.4 is 5.32 Å². The molecular weight excluding hydrogens is 274 g/mol. The molecule has 1 atom stereocenters. The van der Waals surface area contributed by atoms with Gasteiger partial charge in [-0.3, -0.25) is 0 Å². The Kier molecular flexibility index (Phi) is 4.63. The van der Waals surface area contributed by atoms with Crippen LogP contribution in [0.3, 0.4) is 0 Å². The minimum Gasteiger partial charge on any atom is -0.314 e. The van der Waals surface area contributed by atoms with Gasteiger partial charge in [-0.25, -0.2) is 0 Å². The Morgan fingerprint density at radius 1 is 1.41 bits per heavy atom. The summed E-state index contributed by atoms with van der Waals surface area (Å²) in [7, 11) is 0. The standard InChI is InChI=1S/C15H22BrN/c1-3-11(2)10-17-15-8-13(9-15)12-5-4-6-14(16)7-12/h4-7,11,13,15,17H,3,8-10H2,1-2H3. The van der Waals surface area contributed by atoms with Crippen LogP contribution in [0.25, 0.3) is 0 Å². The predicted octanol–water partition coefficient (Wildman–Crippen LogP) is 4.33. The van der Waals surface area contributed by atoms with E-state index in [1.165, 1.54) is 35.8 Å². The van der Waals surface area contributed by atoms with Crippen molar-refractivity contribution in [3.8, 4) is 0 Å². The fraction of sp³-hybridized carbons (Fsp3) is 0.600. The molecule has 0 saturated heterocycles. The molecular formula is C15H22BrN. The van der Waals surface area contributed by atoms with E-state index < -0.39 is 0 Å². The average molecular weight is 296 g/mol. The number of rotatable bonds is 5. The van der Waals surface area contributed by atoms with E-state index in [-0.39, 0.29) is 0 Å². The molecule has 0 spiro atoms. The van der Waals surface area contributed by atoms with Gasteiger partial charge in [0.05, 0.1) is 0 Å². The van der Waals surface area contributed by atoms with Crippen molar-refractivity contribution in [2.24, 2.45) is 5.92 Å². The molecule has 0 aromatic heterocycles. The molecule has 1 aliphatic rings. The molecule has 1 saturated carbocycles. The van der Waals surface area contributed by atoms with Crippen molar-refractivity contribution < 1.29 is 0 Å². The SMILES string of the molecule is CCC(C)CNC1CC(c2cccc(Br)c2)C1. The first-order valence-corrected chi connectivity index (χ1v) is 7.47. The minimum atomic E-state index is 0.744. The summed E-state index contributed by atoms with van der Waals surface area (Å²) in [6.45, 7) is 5.75. The van der Waals surface area contributed by atoms with E-state index in [4.69, 9.17) is 0 Å². The van der Waals surface area contributed by atoms with E-state index in [0.29, 0.717) is 0 Å². The van der Waals surface area contributed by atoms with Gasteiger partial charge in [0.1, 0.15) is 0 Å². The zero-order chi connectivity index (χ0) is 12.3. The summed E-state index contributed by atoms with van der Waals surface area (Å²) in [5.74, 6) is 1.57. The molecule has 1 aromatic carbocycles. The van der Waals surface area contributed by atoms with Crippen molar-refractivity contribution in [2.75, 3.05) is 6.54 Å². The van der Waals surface area contributed by atoms with E-state index in [9.17, 15) is 0 Å². The highest BCUT2D eigenvalue weighted by atomic mass is 79.9. The summed E-state index contributed by atoms with van der Waals surface area (Å²) in [6, 6.07) is 9.49. The molecule has 0 radical (unpaired) electrons. The first-order chi connectivity index (χ1) is 8.19. The summed E-state index contributed by atoms with van der Waals surface area (Å²) in [5.41, 5.74) is 1.49. The lowest BCUT2D eigenvalue weighted by Gasteiger charge is -2.37. The quantitative estimate of drug-likeness (QED) is 0.852. The zero-order valence-corrected chi connectivity index (χ0v) is 12.3. The Morgan fingerprint density at radius 2 is 2.18 bits per heavy atom. The van der Waals surface area contributed by atoms with Gasteiger partial charge in [0, 0.05) is 10.5 Å². The average Bonchev–Trinajstić information content (AvgIpc) is 2.26. The van der Waals surface area contributed by atoms with Crippen molar-refractivity contribution in [3.63, 3.8) is 0 Å². The third-order valence-corrected chi connectivity index (χ3v) is 4.40. The Balaban J connectivity index is 1.75. The van der Waals surface area contributed by atoms with Crippen LogP contribution in [0.2, 0.25) is 0 Å². The lowest BCUT2D eigenvalue weighted by Crippen LogP contribution is -2.41. The van der Waals surface area contributed by atoms with Gasteiger partial charge in [-0.2, -0.15) is 0 Å². The van der Waals surface area contributed by atoms with Gasteiger partial charge in [0.15, 0.2) is 0 Å². The molecule has 94 valence electrons. The van der Waals surface area contributed by atoms with Gasteiger partial charge in [0.2, 0.25) is 0 Å². The van der Waals surface area contributed by atoms with E-state index >= 15 is 0 Å². The maximum Gasteiger partial charge on any atom is 0.0178 e. The smallest absolute Gasteiger partial charge is 0.0178 e. The fourth-order valence-corrected chi connectivity index (χ4v) is 2.75. The molecule has 0 amide bonds. The van der Waals surface area contributed by atoms with E-state index in [1.54, 1.807) is 0 Å². The van der Waals surface area contributed by atoms with Crippen LogP contribution in [0, 0.1) is 5.92 Å². The summed E-state index contributed by atoms with van der Waals surface area (Å²) < 4.78 is 1.20. The van der Waals surface area contributed by atoms with Gasteiger partial charge in [-0.15, -0.1) is 0 Å². The van der Waals surface area contributed by atoms with Crippen molar-refractivity contribution in [1.82, 2.24) is 5.32 Å². The maximum atomic E-state index is 3.67. The molecule has 0 heterocycles. The summed E-state index contributed by atoms with van der Waals surface area (Å²) in [5, 5.41) is 3.67. The van der Waals surface area contributed by atoms with E-state index in [0.717, 1.165) is 17.9 Å². The molecule has 1 unspecified atom stereocenters. The van der Waals surface area contributed by atoms with Crippen molar-refractivity contribution in [2.45, 2.75) is 45.1 Å². The largest absolute Gasteiger partial charge is 0.314 e. The zero-order valence-electron chi connectivity index (χ0n) is 10.7. The lowest BCUT2D eigenvalue weighted by molar-refractivity contribution is 0.277. The molecule has 1 N–H and O–H groups in total. The third-order valence-electron chi connectivity index (χ3n) is 3.91. The second kappa shape index (κ2) is 6.01. The van der Waals surface area contributed by atoms with Gasteiger partial charge in [-0.1, -0.05) is 48.3 Å². The Hall–Kier alpha value is -0.340. The predicted molar refractivity (Wildman–Crippen MR) is 77.4 cm³/mol. The Labute approximate surface area is 113 Å². The number of halogens is 1. The van der Waals surface area contributed by atoms with E-state index in [1.807, 2.05) is 0 Å². The maximum absolute atomic E-state index is 3.67.